The Balaban J connectivity index is 2.15. The van der Waals surface area contributed by atoms with E-state index in [0.717, 1.165) is 19.1 Å². The van der Waals surface area contributed by atoms with Gasteiger partial charge in [-0.2, -0.15) is 0 Å². The van der Waals surface area contributed by atoms with Crippen LogP contribution in [0, 0.1) is 0 Å². The van der Waals surface area contributed by atoms with Gasteiger partial charge >= 0.3 is 0 Å². The van der Waals surface area contributed by atoms with Crippen LogP contribution in [0.2, 0.25) is 0 Å². The number of amides is 1. The monoisotopic (exact) mass is 249 g/mol. The number of nitrogens with one attached hydrogen (secondary N) is 1. The van der Waals surface area contributed by atoms with Crippen LogP contribution in [0.25, 0.3) is 0 Å². The first-order chi connectivity index (χ1) is 8.74. The maximum Gasteiger partial charge on any atom is 0.253 e. The standard InChI is InChI=1S/C13H15NO4/c1-17-11-5-4-9(8-15)7-10(11)14-13(16)12-3-2-6-18-12/h4-5,7-8,12H,2-3,6H2,1H3,(H,14,16). The van der Waals surface area contributed by atoms with Gasteiger partial charge in [-0.3, -0.25) is 9.59 Å². The first-order valence-corrected chi connectivity index (χ1v) is 5.80. The van der Waals surface area contributed by atoms with Gasteiger partial charge in [0.25, 0.3) is 5.91 Å². The van der Waals surface area contributed by atoms with E-state index in [9.17, 15) is 9.59 Å². The van der Waals surface area contributed by atoms with Gasteiger partial charge in [-0.15, -0.1) is 0 Å². The summed E-state index contributed by atoms with van der Waals surface area (Å²) in [6, 6.07) is 4.86. The second-order valence-electron chi connectivity index (χ2n) is 4.07. The third-order valence-electron chi connectivity index (χ3n) is 2.84. The predicted octanol–water partition coefficient (Wildman–Crippen LogP) is 1.63. The number of carbonyl (C=O) groups excluding carboxylic acids is 2. The summed E-state index contributed by atoms with van der Waals surface area (Å²) in [7, 11) is 1.51. The molecule has 0 radical (unpaired) electrons. The number of anilines is 1. The van der Waals surface area contributed by atoms with Crippen molar-refractivity contribution < 1.29 is 19.1 Å². The Hall–Kier alpha value is -1.88. The van der Waals surface area contributed by atoms with Gasteiger partial charge in [0.2, 0.25) is 0 Å². The van der Waals surface area contributed by atoms with Crippen LogP contribution in [0.3, 0.4) is 0 Å². The number of carbonyl (C=O) groups is 2. The lowest BCUT2D eigenvalue weighted by Crippen LogP contribution is -2.27. The molecule has 1 heterocycles. The molecule has 1 N–H and O–H groups in total. The van der Waals surface area contributed by atoms with E-state index in [0.29, 0.717) is 23.6 Å². The summed E-state index contributed by atoms with van der Waals surface area (Å²) in [5.41, 5.74) is 0.973. The third-order valence-corrected chi connectivity index (χ3v) is 2.84. The van der Waals surface area contributed by atoms with E-state index < -0.39 is 6.10 Å². The maximum absolute atomic E-state index is 11.9. The van der Waals surface area contributed by atoms with E-state index >= 15 is 0 Å². The van der Waals surface area contributed by atoms with Crippen LogP contribution in [0.5, 0.6) is 5.75 Å². The Morgan fingerprint density at radius 1 is 1.56 bits per heavy atom. The SMILES string of the molecule is COc1ccc(C=O)cc1NC(=O)C1CCCO1. The molecule has 1 aliphatic rings. The predicted molar refractivity (Wildman–Crippen MR) is 66.0 cm³/mol. The van der Waals surface area contributed by atoms with Crippen molar-refractivity contribution in [2.75, 3.05) is 19.0 Å². The van der Waals surface area contributed by atoms with Crippen molar-refractivity contribution in [3.63, 3.8) is 0 Å². The molecule has 1 aliphatic heterocycles. The largest absolute Gasteiger partial charge is 0.495 e. The molecule has 5 heteroatoms. The van der Waals surface area contributed by atoms with Crippen molar-refractivity contribution in [3.05, 3.63) is 23.8 Å². The highest BCUT2D eigenvalue weighted by Crippen LogP contribution is 2.26. The Labute approximate surface area is 105 Å². The number of aldehydes is 1. The van der Waals surface area contributed by atoms with E-state index in [1.165, 1.54) is 7.11 Å². The minimum Gasteiger partial charge on any atom is -0.495 e. The summed E-state index contributed by atoms with van der Waals surface area (Å²) in [6.07, 6.45) is 1.93. The molecule has 0 aliphatic carbocycles. The van der Waals surface area contributed by atoms with Crippen LogP contribution in [-0.2, 0) is 9.53 Å². The third kappa shape index (κ3) is 2.68. The van der Waals surface area contributed by atoms with Gasteiger partial charge in [0.05, 0.1) is 12.8 Å². The van der Waals surface area contributed by atoms with Crippen molar-refractivity contribution in [1.82, 2.24) is 0 Å². The van der Waals surface area contributed by atoms with Gasteiger partial charge in [0.15, 0.2) is 0 Å². The molecule has 1 saturated heterocycles. The van der Waals surface area contributed by atoms with Crippen LogP contribution in [0.4, 0.5) is 5.69 Å². The fraction of sp³-hybridized carbons (Fsp3) is 0.385. The lowest BCUT2D eigenvalue weighted by atomic mass is 10.2. The van der Waals surface area contributed by atoms with Crippen molar-refractivity contribution in [2.24, 2.45) is 0 Å². The smallest absolute Gasteiger partial charge is 0.253 e. The van der Waals surface area contributed by atoms with Crippen molar-refractivity contribution in [3.8, 4) is 5.75 Å². The van der Waals surface area contributed by atoms with Crippen LogP contribution in [0.1, 0.15) is 23.2 Å². The van der Waals surface area contributed by atoms with Crippen LogP contribution < -0.4 is 10.1 Å². The normalized spacial score (nSPS) is 18.4. The molecule has 1 fully saturated rings. The van der Waals surface area contributed by atoms with E-state index in [1.807, 2.05) is 0 Å². The molecule has 1 amide bonds. The lowest BCUT2D eigenvalue weighted by molar-refractivity contribution is -0.124. The number of methoxy groups -OCH3 is 1. The van der Waals surface area contributed by atoms with Gasteiger partial charge in [-0.05, 0) is 31.0 Å². The van der Waals surface area contributed by atoms with Gasteiger partial charge in [0.1, 0.15) is 18.1 Å². The molecular formula is C13H15NO4. The summed E-state index contributed by atoms with van der Waals surface area (Å²) in [5.74, 6) is 0.320. The fourth-order valence-corrected chi connectivity index (χ4v) is 1.89. The minimum absolute atomic E-state index is 0.200. The zero-order valence-corrected chi connectivity index (χ0v) is 10.1. The molecule has 5 nitrogen and oxygen atoms in total. The summed E-state index contributed by atoms with van der Waals surface area (Å²) < 4.78 is 10.4. The lowest BCUT2D eigenvalue weighted by Gasteiger charge is -2.13. The van der Waals surface area contributed by atoms with Crippen LogP contribution in [-0.4, -0.2) is 32.0 Å². The molecule has 1 aromatic rings. The Bertz CT molecular complexity index is 452. The second-order valence-corrected chi connectivity index (χ2v) is 4.07. The maximum atomic E-state index is 11.9. The van der Waals surface area contributed by atoms with Crippen LogP contribution >= 0.6 is 0 Å². The number of rotatable bonds is 4. The number of hydrogen-bond donors (Lipinski definition) is 1. The molecule has 1 atom stereocenters. The molecule has 1 aromatic carbocycles. The highest BCUT2D eigenvalue weighted by molar-refractivity contribution is 5.96. The highest BCUT2D eigenvalue weighted by Gasteiger charge is 2.24. The summed E-state index contributed by atoms with van der Waals surface area (Å²) in [5, 5.41) is 2.73. The fourth-order valence-electron chi connectivity index (χ4n) is 1.89. The summed E-state index contributed by atoms with van der Waals surface area (Å²) in [4.78, 5) is 22.6. The van der Waals surface area contributed by atoms with E-state index in [1.54, 1.807) is 18.2 Å². The highest BCUT2D eigenvalue weighted by atomic mass is 16.5. The minimum atomic E-state index is -0.408. The van der Waals surface area contributed by atoms with Crippen molar-refractivity contribution in [1.29, 1.82) is 0 Å². The average molecular weight is 249 g/mol. The number of hydrogen-bond acceptors (Lipinski definition) is 4. The van der Waals surface area contributed by atoms with Gasteiger partial charge in [0, 0.05) is 12.2 Å². The second kappa shape index (κ2) is 5.64. The Morgan fingerprint density at radius 2 is 2.39 bits per heavy atom. The number of benzene rings is 1. The zero-order chi connectivity index (χ0) is 13.0. The molecule has 0 saturated carbocycles. The Morgan fingerprint density at radius 3 is 3.00 bits per heavy atom. The van der Waals surface area contributed by atoms with E-state index in [4.69, 9.17) is 9.47 Å². The first kappa shape index (κ1) is 12.6. The van der Waals surface area contributed by atoms with Crippen molar-refractivity contribution >= 4 is 17.9 Å². The molecule has 0 aromatic heterocycles. The van der Waals surface area contributed by atoms with Crippen LogP contribution in [0.15, 0.2) is 18.2 Å². The van der Waals surface area contributed by atoms with Crippen molar-refractivity contribution in [2.45, 2.75) is 18.9 Å². The quantitative estimate of drug-likeness (QED) is 0.824. The Kier molecular flexibility index (Phi) is 3.94. The molecule has 96 valence electrons. The summed E-state index contributed by atoms with van der Waals surface area (Å²) in [6.45, 7) is 0.615. The molecule has 0 spiro atoms. The summed E-state index contributed by atoms with van der Waals surface area (Å²) >= 11 is 0. The van der Waals surface area contributed by atoms with Gasteiger partial charge in [-0.25, -0.2) is 0 Å². The molecule has 0 bridgehead atoms. The van der Waals surface area contributed by atoms with Gasteiger partial charge in [-0.1, -0.05) is 0 Å². The zero-order valence-electron chi connectivity index (χ0n) is 10.1. The molecule has 1 unspecified atom stereocenters. The van der Waals surface area contributed by atoms with Gasteiger partial charge < -0.3 is 14.8 Å². The van der Waals surface area contributed by atoms with E-state index in [-0.39, 0.29) is 5.91 Å². The first-order valence-electron chi connectivity index (χ1n) is 5.80. The molecule has 2 rings (SSSR count). The average Bonchev–Trinajstić information content (AvgIpc) is 2.92. The number of ether oxygens (including phenoxy) is 2. The topological polar surface area (TPSA) is 64.6 Å². The molecule has 18 heavy (non-hydrogen) atoms. The molecular weight excluding hydrogens is 234 g/mol. The van der Waals surface area contributed by atoms with E-state index in [2.05, 4.69) is 5.32 Å².